The smallest absolute Gasteiger partial charge is 0.241 e. The number of halogens is 1. The van der Waals surface area contributed by atoms with E-state index in [0.29, 0.717) is 17.1 Å². The highest BCUT2D eigenvalue weighted by atomic mass is 35.5. The van der Waals surface area contributed by atoms with Crippen molar-refractivity contribution in [3.05, 3.63) is 28.8 Å². The number of hydrogen-bond donors (Lipinski definition) is 2. The summed E-state index contributed by atoms with van der Waals surface area (Å²) in [5.74, 6) is -0.374. The van der Waals surface area contributed by atoms with Crippen molar-refractivity contribution >= 4 is 27.5 Å². The maximum Gasteiger partial charge on any atom is 0.241 e. The highest BCUT2D eigenvalue weighted by Crippen LogP contribution is 2.19. The third-order valence-electron chi connectivity index (χ3n) is 2.24. The van der Waals surface area contributed by atoms with Gasteiger partial charge in [-0.1, -0.05) is 17.7 Å². The van der Waals surface area contributed by atoms with Gasteiger partial charge in [-0.25, -0.2) is 13.1 Å². The first-order valence-electron chi connectivity index (χ1n) is 5.39. The normalized spacial score (nSPS) is 11.3. The minimum Gasteiger partial charge on any atom is -0.355 e. The van der Waals surface area contributed by atoms with Gasteiger partial charge in [0.05, 0.1) is 11.4 Å². The van der Waals surface area contributed by atoms with E-state index in [4.69, 9.17) is 11.6 Å². The Labute approximate surface area is 112 Å². The molecule has 1 rings (SSSR count). The molecule has 1 aromatic carbocycles. The molecule has 0 aromatic heterocycles. The van der Waals surface area contributed by atoms with Crippen molar-refractivity contribution in [2.45, 2.75) is 18.7 Å². The van der Waals surface area contributed by atoms with Crippen LogP contribution in [0.5, 0.6) is 0 Å². The number of aryl methyl sites for hydroxylation is 1. The molecule has 0 radical (unpaired) electrons. The van der Waals surface area contributed by atoms with Gasteiger partial charge in [-0.2, -0.15) is 0 Å². The second-order valence-corrected chi connectivity index (χ2v) is 5.86. The Balaban J connectivity index is 2.87. The molecule has 0 aliphatic carbocycles. The Morgan fingerprint density at radius 3 is 2.67 bits per heavy atom. The lowest BCUT2D eigenvalue weighted by atomic mass is 10.2. The van der Waals surface area contributed by atoms with E-state index < -0.39 is 10.0 Å². The SMILES string of the molecule is CCNC(=O)CNS(=O)(=O)c1cc(Cl)ccc1C. The van der Waals surface area contributed by atoms with E-state index in [-0.39, 0.29) is 17.3 Å². The number of sulfonamides is 1. The summed E-state index contributed by atoms with van der Waals surface area (Å²) < 4.78 is 26.2. The van der Waals surface area contributed by atoms with Gasteiger partial charge in [0.1, 0.15) is 0 Å². The summed E-state index contributed by atoms with van der Waals surface area (Å²) in [7, 11) is -3.72. The third-order valence-corrected chi connectivity index (χ3v) is 4.01. The molecule has 0 saturated carbocycles. The molecule has 0 bridgehead atoms. The standard InChI is InChI=1S/C11H15ClN2O3S/c1-3-13-11(15)7-14-18(16,17)10-6-9(12)5-4-8(10)2/h4-6,14H,3,7H2,1-2H3,(H,13,15). The number of rotatable bonds is 5. The summed E-state index contributed by atoms with van der Waals surface area (Å²) in [5, 5.41) is 2.84. The molecule has 0 fully saturated rings. The van der Waals surface area contributed by atoms with Gasteiger partial charge in [0.15, 0.2) is 0 Å². The number of likely N-dealkylation sites (N-methyl/N-ethyl adjacent to an activating group) is 1. The van der Waals surface area contributed by atoms with Crippen LogP contribution < -0.4 is 10.0 Å². The monoisotopic (exact) mass is 290 g/mol. The number of hydrogen-bond acceptors (Lipinski definition) is 3. The van der Waals surface area contributed by atoms with Crippen LogP contribution >= 0.6 is 11.6 Å². The zero-order valence-corrected chi connectivity index (χ0v) is 11.7. The Bertz CT molecular complexity index is 543. The predicted octanol–water partition coefficient (Wildman–Crippen LogP) is 1.06. The van der Waals surface area contributed by atoms with Gasteiger partial charge in [-0.05, 0) is 31.5 Å². The Morgan fingerprint density at radius 2 is 2.06 bits per heavy atom. The molecule has 0 aliphatic heterocycles. The van der Waals surface area contributed by atoms with E-state index in [2.05, 4.69) is 10.0 Å². The molecule has 0 heterocycles. The van der Waals surface area contributed by atoms with Crippen molar-refractivity contribution in [1.82, 2.24) is 10.0 Å². The molecule has 100 valence electrons. The molecule has 0 atom stereocenters. The van der Waals surface area contributed by atoms with Gasteiger partial charge in [0.25, 0.3) is 0 Å². The van der Waals surface area contributed by atoms with Gasteiger partial charge in [0, 0.05) is 11.6 Å². The first-order valence-corrected chi connectivity index (χ1v) is 7.25. The predicted molar refractivity (Wildman–Crippen MR) is 70.1 cm³/mol. The van der Waals surface area contributed by atoms with Gasteiger partial charge < -0.3 is 5.32 Å². The fraction of sp³-hybridized carbons (Fsp3) is 0.364. The lowest BCUT2D eigenvalue weighted by Crippen LogP contribution is -2.36. The van der Waals surface area contributed by atoms with Crippen molar-refractivity contribution in [2.24, 2.45) is 0 Å². The van der Waals surface area contributed by atoms with Crippen LogP contribution in [0.15, 0.2) is 23.1 Å². The molecule has 18 heavy (non-hydrogen) atoms. The molecule has 0 aliphatic rings. The topological polar surface area (TPSA) is 75.3 Å². The molecule has 0 unspecified atom stereocenters. The van der Waals surface area contributed by atoms with E-state index in [1.807, 2.05) is 0 Å². The first kappa shape index (κ1) is 14.9. The maximum atomic E-state index is 12.0. The van der Waals surface area contributed by atoms with Crippen LogP contribution in [0.1, 0.15) is 12.5 Å². The van der Waals surface area contributed by atoms with Crippen LogP contribution in [-0.4, -0.2) is 27.4 Å². The molecule has 0 spiro atoms. The number of carbonyl (C=O) groups excluding carboxylic acids is 1. The van der Waals surface area contributed by atoms with E-state index >= 15 is 0 Å². The summed E-state index contributed by atoms with van der Waals surface area (Å²) in [6, 6.07) is 4.58. The molecule has 0 saturated heterocycles. The van der Waals surface area contributed by atoms with Gasteiger partial charge in [0.2, 0.25) is 15.9 Å². The van der Waals surface area contributed by atoms with E-state index in [9.17, 15) is 13.2 Å². The van der Waals surface area contributed by atoms with Gasteiger partial charge >= 0.3 is 0 Å². The van der Waals surface area contributed by atoms with E-state index in [1.165, 1.54) is 6.07 Å². The van der Waals surface area contributed by atoms with Crippen LogP contribution in [0.4, 0.5) is 0 Å². The van der Waals surface area contributed by atoms with Crippen molar-refractivity contribution in [3.8, 4) is 0 Å². The summed E-state index contributed by atoms with van der Waals surface area (Å²) >= 11 is 5.76. The highest BCUT2D eigenvalue weighted by molar-refractivity contribution is 7.89. The van der Waals surface area contributed by atoms with Crippen LogP contribution in [0.2, 0.25) is 5.02 Å². The summed E-state index contributed by atoms with van der Waals surface area (Å²) in [6.07, 6.45) is 0. The maximum absolute atomic E-state index is 12.0. The third kappa shape index (κ3) is 3.97. The minimum absolute atomic E-state index is 0.0827. The van der Waals surface area contributed by atoms with E-state index in [0.717, 1.165) is 0 Å². The van der Waals surface area contributed by atoms with Crippen LogP contribution in [0.25, 0.3) is 0 Å². The summed E-state index contributed by atoms with van der Waals surface area (Å²) in [6.45, 7) is 3.59. The average Bonchev–Trinajstić information content (AvgIpc) is 2.30. The largest absolute Gasteiger partial charge is 0.355 e. The zero-order chi connectivity index (χ0) is 13.8. The summed E-state index contributed by atoms with van der Waals surface area (Å²) in [5.41, 5.74) is 0.572. The van der Waals surface area contributed by atoms with Crippen molar-refractivity contribution in [1.29, 1.82) is 0 Å². The quantitative estimate of drug-likeness (QED) is 0.851. The second kappa shape index (κ2) is 6.17. The molecular formula is C11H15ClN2O3S. The molecule has 1 amide bonds. The lowest BCUT2D eigenvalue weighted by molar-refractivity contribution is -0.119. The molecule has 5 nitrogen and oxygen atoms in total. The Kier molecular flexibility index (Phi) is 5.13. The average molecular weight is 291 g/mol. The van der Waals surface area contributed by atoms with Crippen molar-refractivity contribution in [2.75, 3.05) is 13.1 Å². The van der Waals surface area contributed by atoms with Crippen molar-refractivity contribution < 1.29 is 13.2 Å². The second-order valence-electron chi connectivity index (χ2n) is 3.69. The lowest BCUT2D eigenvalue weighted by Gasteiger charge is -2.09. The number of carbonyl (C=O) groups is 1. The number of benzene rings is 1. The molecule has 7 heteroatoms. The summed E-state index contributed by atoms with van der Waals surface area (Å²) in [4.78, 5) is 11.3. The number of nitrogens with one attached hydrogen (secondary N) is 2. The van der Waals surface area contributed by atoms with Gasteiger partial charge in [-0.15, -0.1) is 0 Å². The minimum atomic E-state index is -3.72. The molecule has 2 N–H and O–H groups in total. The first-order chi connectivity index (χ1) is 8.36. The van der Waals surface area contributed by atoms with Gasteiger partial charge in [-0.3, -0.25) is 4.79 Å². The van der Waals surface area contributed by atoms with Crippen LogP contribution in [-0.2, 0) is 14.8 Å². The van der Waals surface area contributed by atoms with E-state index in [1.54, 1.807) is 26.0 Å². The fourth-order valence-corrected chi connectivity index (χ4v) is 2.85. The van der Waals surface area contributed by atoms with Crippen LogP contribution in [0, 0.1) is 6.92 Å². The molecule has 1 aromatic rings. The zero-order valence-electron chi connectivity index (χ0n) is 10.2. The van der Waals surface area contributed by atoms with Crippen molar-refractivity contribution in [3.63, 3.8) is 0 Å². The van der Waals surface area contributed by atoms with Crippen LogP contribution in [0.3, 0.4) is 0 Å². The number of amides is 1. The molecular weight excluding hydrogens is 276 g/mol. The highest BCUT2D eigenvalue weighted by Gasteiger charge is 2.18. The Morgan fingerprint density at radius 1 is 1.39 bits per heavy atom. The fourth-order valence-electron chi connectivity index (χ4n) is 1.36. The Hall–Kier alpha value is -1.11.